The lowest BCUT2D eigenvalue weighted by Gasteiger charge is -2.21. The lowest BCUT2D eigenvalue weighted by atomic mass is 10.1. The van der Waals surface area contributed by atoms with E-state index in [4.69, 9.17) is 34.8 Å². The van der Waals surface area contributed by atoms with Crippen LogP contribution in [0.15, 0.2) is 88.9 Å². The molecule has 40 heavy (non-hydrogen) atoms. The number of aromatic nitrogens is 1. The molecule has 0 radical (unpaired) electrons. The van der Waals surface area contributed by atoms with Gasteiger partial charge in [-0.05, 0) is 74.4 Å². The van der Waals surface area contributed by atoms with Crippen molar-refractivity contribution in [3.8, 4) is 5.69 Å². The highest BCUT2D eigenvalue weighted by Gasteiger charge is 2.26. The Balaban J connectivity index is 1.49. The summed E-state index contributed by atoms with van der Waals surface area (Å²) in [7, 11) is -3.97. The van der Waals surface area contributed by atoms with Gasteiger partial charge < -0.3 is 4.57 Å². The van der Waals surface area contributed by atoms with E-state index < -0.39 is 22.5 Å². The first-order valence-corrected chi connectivity index (χ1v) is 14.9. The first-order chi connectivity index (χ1) is 19.1. The van der Waals surface area contributed by atoms with Crippen molar-refractivity contribution in [2.75, 3.05) is 13.1 Å². The van der Waals surface area contributed by atoms with Crippen molar-refractivity contribution < 1.29 is 13.2 Å². The zero-order chi connectivity index (χ0) is 28.9. The third-order valence-electron chi connectivity index (χ3n) is 6.29. The van der Waals surface area contributed by atoms with E-state index in [1.807, 2.05) is 60.9 Å². The smallest absolute Gasteiger partial charge is 0.255 e. The number of hydrogen-bond donors (Lipinski definition) is 1. The summed E-state index contributed by atoms with van der Waals surface area (Å²) in [6, 6.07) is 22.6. The van der Waals surface area contributed by atoms with Crippen LogP contribution in [0.1, 0.15) is 22.5 Å². The van der Waals surface area contributed by atoms with Crippen LogP contribution in [-0.4, -0.2) is 42.5 Å². The number of sulfonamides is 1. The van der Waals surface area contributed by atoms with Crippen molar-refractivity contribution in [2.24, 2.45) is 5.10 Å². The summed E-state index contributed by atoms with van der Waals surface area (Å²) in [5.74, 6) is -0.569. The number of benzene rings is 3. The molecule has 0 saturated heterocycles. The Labute approximate surface area is 249 Å². The Morgan fingerprint density at radius 3 is 2.33 bits per heavy atom. The molecular formula is C29H27Cl3N4O3S. The fourth-order valence-corrected chi connectivity index (χ4v) is 6.06. The van der Waals surface area contributed by atoms with Gasteiger partial charge in [-0.25, -0.2) is 13.8 Å². The van der Waals surface area contributed by atoms with Crippen molar-refractivity contribution in [1.82, 2.24) is 14.3 Å². The topological polar surface area (TPSA) is 83.8 Å². The van der Waals surface area contributed by atoms with Crippen LogP contribution in [0.3, 0.4) is 0 Å². The van der Waals surface area contributed by atoms with Crippen molar-refractivity contribution in [1.29, 1.82) is 0 Å². The summed E-state index contributed by atoms with van der Waals surface area (Å²) >= 11 is 18.2. The molecule has 7 nitrogen and oxygen atoms in total. The second-order valence-corrected chi connectivity index (χ2v) is 12.3. The molecule has 0 aliphatic rings. The Hall–Kier alpha value is -3.14. The lowest BCUT2D eigenvalue weighted by Crippen LogP contribution is -2.40. The van der Waals surface area contributed by atoms with E-state index in [1.165, 1.54) is 30.5 Å². The average Bonchev–Trinajstić information content (AvgIpc) is 3.21. The lowest BCUT2D eigenvalue weighted by molar-refractivity contribution is -0.121. The Morgan fingerprint density at radius 1 is 0.950 bits per heavy atom. The number of nitrogens with zero attached hydrogens (tertiary/aromatic N) is 3. The number of carbonyl (C=O) groups is 1. The van der Waals surface area contributed by atoms with Crippen molar-refractivity contribution in [3.05, 3.63) is 116 Å². The minimum Gasteiger partial charge on any atom is -0.318 e. The molecule has 0 aliphatic carbocycles. The summed E-state index contributed by atoms with van der Waals surface area (Å²) in [5.41, 5.74) is 6.85. The fourth-order valence-electron chi connectivity index (χ4n) is 4.25. The maximum atomic E-state index is 13.4. The first-order valence-electron chi connectivity index (χ1n) is 12.3. The van der Waals surface area contributed by atoms with Crippen LogP contribution in [0.2, 0.25) is 15.1 Å². The minimum absolute atomic E-state index is 0.0519. The normalized spacial score (nSPS) is 11.8. The summed E-state index contributed by atoms with van der Waals surface area (Å²) in [6.45, 7) is 3.56. The standard InChI is InChI=1S/C29H27Cl3N4O3S/c1-20-16-23(21(2)36(20)25-10-13-27(31)28(32)17-25)18-33-34-29(37)19-35(15-14-22-6-4-3-5-7-22)40(38,39)26-11-8-24(30)9-12-26/h3-13,16-18H,14-15,19H2,1-2H3,(H,34,37)/b33-18+. The monoisotopic (exact) mass is 616 g/mol. The van der Waals surface area contributed by atoms with Gasteiger partial charge in [-0.3, -0.25) is 4.79 Å². The summed E-state index contributed by atoms with van der Waals surface area (Å²) in [4.78, 5) is 12.9. The zero-order valence-electron chi connectivity index (χ0n) is 21.8. The number of amides is 1. The zero-order valence-corrected chi connectivity index (χ0v) is 24.9. The highest BCUT2D eigenvalue weighted by Crippen LogP contribution is 2.27. The molecule has 1 aromatic heterocycles. The van der Waals surface area contributed by atoms with Crippen molar-refractivity contribution in [2.45, 2.75) is 25.2 Å². The fraction of sp³-hybridized carbons (Fsp3) is 0.172. The predicted molar refractivity (Wildman–Crippen MR) is 161 cm³/mol. The van der Waals surface area contributed by atoms with Gasteiger partial charge in [-0.2, -0.15) is 9.41 Å². The van der Waals surface area contributed by atoms with Gasteiger partial charge in [0.05, 0.1) is 27.7 Å². The van der Waals surface area contributed by atoms with Crippen LogP contribution in [0.25, 0.3) is 5.69 Å². The molecule has 1 amide bonds. The summed E-state index contributed by atoms with van der Waals surface area (Å²) < 4.78 is 29.9. The highest BCUT2D eigenvalue weighted by atomic mass is 35.5. The van der Waals surface area contributed by atoms with Crippen molar-refractivity contribution in [3.63, 3.8) is 0 Å². The van der Waals surface area contributed by atoms with E-state index in [-0.39, 0.29) is 11.4 Å². The van der Waals surface area contributed by atoms with Gasteiger partial charge >= 0.3 is 0 Å². The molecule has 1 N–H and O–H groups in total. The molecule has 0 aliphatic heterocycles. The van der Waals surface area contributed by atoms with Gasteiger partial charge in [-0.15, -0.1) is 0 Å². The third-order valence-corrected chi connectivity index (χ3v) is 9.14. The molecule has 0 saturated carbocycles. The van der Waals surface area contributed by atoms with E-state index in [0.717, 1.165) is 32.5 Å². The van der Waals surface area contributed by atoms with E-state index in [2.05, 4.69) is 10.5 Å². The summed E-state index contributed by atoms with van der Waals surface area (Å²) in [6.07, 6.45) is 1.96. The van der Waals surface area contributed by atoms with Gasteiger partial charge in [0, 0.05) is 34.2 Å². The molecule has 4 rings (SSSR count). The second-order valence-electron chi connectivity index (χ2n) is 9.08. The largest absolute Gasteiger partial charge is 0.318 e. The predicted octanol–water partition coefficient (Wildman–Crippen LogP) is 6.44. The molecule has 0 bridgehead atoms. The SMILES string of the molecule is Cc1cc(/C=N/NC(=O)CN(CCc2ccccc2)S(=O)(=O)c2ccc(Cl)cc2)c(C)n1-c1ccc(Cl)c(Cl)c1. The average molecular weight is 618 g/mol. The number of hydrogen-bond acceptors (Lipinski definition) is 4. The van der Waals surface area contributed by atoms with Crippen molar-refractivity contribution >= 4 is 56.9 Å². The van der Waals surface area contributed by atoms with Crippen LogP contribution in [0, 0.1) is 13.8 Å². The highest BCUT2D eigenvalue weighted by molar-refractivity contribution is 7.89. The number of aryl methyl sites for hydroxylation is 1. The molecule has 0 atom stereocenters. The Bertz CT molecular complexity index is 1640. The molecule has 0 fully saturated rings. The van der Waals surface area contributed by atoms with Crippen LogP contribution in [0.5, 0.6) is 0 Å². The van der Waals surface area contributed by atoms with Gasteiger partial charge in [0.25, 0.3) is 5.91 Å². The quantitative estimate of drug-likeness (QED) is 0.164. The van der Waals surface area contributed by atoms with E-state index in [1.54, 1.807) is 12.1 Å². The van der Waals surface area contributed by atoms with Gasteiger partial charge in [0.2, 0.25) is 10.0 Å². The third kappa shape index (κ3) is 7.13. The molecule has 4 aromatic rings. The second kappa shape index (κ2) is 13.0. The number of hydrazone groups is 1. The molecule has 0 spiro atoms. The Morgan fingerprint density at radius 2 is 1.65 bits per heavy atom. The number of rotatable bonds is 10. The number of halogens is 3. The van der Waals surface area contributed by atoms with Gasteiger partial charge in [0.1, 0.15) is 0 Å². The molecular weight excluding hydrogens is 591 g/mol. The maximum absolute atomic E-state index is 13.4. The van der Waals surface area contributed by atoms with E-state index in [0.29, 0.717) is 21.5 Å². The van der Waals surface area contributed by atoms with Gasteiger partial charge in [0.15, 0.2) is 0 Å². The molecule has 11 heteroatoms. The van der Waals surface area contributed by atoms with Crippen LogP contribution in [0.4, 0.5) is 0 Å². The molecule has 0 unspecified atom stereocenters. The summed E-state index contributed by atoms with van der Waals surface area (Å²) in [5, 5.41) is 5.42. The maximum Gasteiger partial charge on any atom is 0.255 e. The van der Waals surface area contributed by atoms with Crippen LogP contribution >= 0.6 is 34.8 Å². The molecule has 208 valence electrons. The molecule has 1 heterocycles. The molecule has 3 aromatic carbocycles. The first kappa shape index (κ1) is 29.8. The number of carbonyl (C=O) groups excluding carboxylic acids is 1. The van der Waals surface area contributed by atoms with Crippen LogP contribution in [-0.2, 0) is 21.2 Å². The Kier molecular flexibility index (Phi) is 9.71. The van der Waals surface area contributed by atoms with Crippen LogP contribution < -0.4 is 5.43 Å². The van der Waals surface area contributed by atoms with E-state index in [9.17, 15) is 13.2 Å². The van der Waals surface area contributed by atoms with Gasteiger partial charge in [-0.1, -0.05) is 65.1 Å². The minimum atomic E-state index is -3.97. The number of nitrogens with one attached hydrogen (secondary N) is 1. The van der Waals surface area contributed by atoms with E-state index >= 15 is 0 Å².